The first-order valence-electron chi connectivity index (χ1n) is 12.8. The molecule has 2 heterocycles. The number of hydrogen-bond donors (Lipinski definition) is 2. The van der Waals surface area contributed by atoms with Gasteiger partial charge in [-0.25, -0.2) is 0 Å². The number of piperazine rings is 1. The zero-order chi connectivity index (χ0) is 27.9. The van der Waals surface area contributed by atoms with E-state index in [0.29, 0.717) is 42.5 Å². The molecule has 1 aliphatic rings. The molecule has 0 bridgehead atoms. The highest BCUT2D eigenvalue weighted by molar-refractivity contribution is 7.80. The number of amides is 2. The van der Waals surface area contributed by atoms with Gasteiger partial charge < -0.3 is 19.5 Å². The van der Waals surface area contributed by atoms with Crippen LogP contribution in [0.1, 0.15) is 16.1 Å². The summed E-state index contributed by atoms with van der Waals surface area (Å²) < 4.78 is 5.81. The zero-order valence-electron chi connectivity index (χ0n) is 21.5. The number of rotatable bonds is 6. The van der Waals surface area contributed by atoms with Gasteiger partial charge in [-0.2, -0.15) is 0 Å². The Balaban J connectivity index is 1.15. The molecule has 0 atom stereocenters. The molecule has 1 aliphatic heterocycles. The van der Waals surface area contributed by atoms with E-state index in [1.54, 1.807) is 30.3 Å². The first-order chi connectivity index (χ1) is 19.5. The molecular weight excluding hydrogens is 544 g/mol. The van der Waals surface area contributed by atoms with Gasteiger partial charge in [0, 0.05) is 48.4 Å². The molecule has 0 spiro atoms. The van der Waals surface area contributed by atoms with Gasteiger partial charge in [-0.3, -0.25) is 14.9 Å². The molecule has 202 valence electrons. The molecule has 40 heavy (non-hydrogen) atoms. The van der Waals surface area contributed by atoms with E-state index in [-0.39, 0.29) is 16.9 Å². The average Bonchev–Trinajstić information content (AvgIpc) is 3.46. The second-order valence-electron chi connectivity index (χ2n) is 9.15. The van der Waals surface area contributed by atoms with Crippen molar-refractivity contribution in [3.63, 3.8) is 0 Å². The van der Waals surface area contributed by atoms with Gasteiger partial charge in [0.25, 0.3) is 5.91 Å². The molecule has 7 nitrogen and oxygen atoms in total. The van der Waals surface area contributed by atoms with Crippen LogP contribution in [-0.4, -0.2) is 48.0 Å². The van der Waals surface area contributed by atoms with Crippen LogP contribution in [0.4, 0.5) is 11.4 Å². The molecular formula is C31H27ClN4O3S. The topological polar surface area (TPSA) is 77.8 Å². The maximum absolute atomic E-state index is 12.9. The summed E-state index contributed by atoms with van der Waals surface area (Å²) in [5, 5.41) is 6.60. The van der Waals surface area contributed by atoms with Crippen molar-refractivity contribution in [3.05, 3.63) is 113 Å². The fourth-order valence-electron chi connectivity index (χ4n) is 4.45. The molecule has 9 heteroatoms. The summed E-state index contributed by atoms with van der Waals surface area (Å²) in [6.07, 6.45) is 2.98. The van der Waals surface area contributed by atoms with Crippen LogP contribution in [0.3, 0.4) is 0 Å². The Bertz CT molecular complexity index is 1530. The number of halogens is 1. The third kappa shape index (κ3) is 6.77. The second kappa shape index (κ2) is 12.6. The highest BCUT2D eigenvalue weighted by Crippen LogP contribution is 2.27. The van der Waals surface area contributed by atoms with Crippen molar-refractivity contribution >= 4 is 58.2 Å². The minimum Gasteiger partial charge on any atom is -0.457 e. The van der Waals surface area contributed by atoms with Gasteiger partial charge in [-0.05, 0) is 66.8 Å². The standard InChI is InChI=1S/C31H27ClN4O3S/c32-24-12-10-23(11-13-24)30(38)36-20-18-35(19-21-36)27-9-5-4-8-26(27)33-31(40)34-29(37)17-15-25-14-16-28(39-25)22-6-2-1-3-7-22/h1-17H,18-21H2,(H2,33,34,37,40)/b17-15+. The highest BCUT2D eigenvalue weighted by Gasteiger charge is 2.23. The van der Waals surface area contributed by atoms with Gasteiger partial charge in [-0.15, -0.1) is 0 Å². The fourth-order valence-corrected chi connectivity index (χ4v) is 4.78. The van der Waals surface area contributed by atoms with Crippen LogP contribution in [0.25, 0.3) is 17.4 Å². The summed E-state index contributed by atoms with van der Waals surface area (Å²) in [7, 11) is 0. The molecule has 0 unspecified atom stereocenters. The number of benzene rings is 3. The summed E-state index contributed by atoms with van der Waals surface area (Å²) in [5.41, 5.74) is 3.30. The first kappa shape index (κ1) is 27.2. The van der Waals surface area contributed by atoms with Gasteiger partial charge in [-0.1, -0.05) is 54.1 Å². The number of nitrogens with zero attached hydrogens (tertiary/aromatic N) is 2. The summed E-state index contributed by atoms with van der Waals surface area (Å²) in [4.78, 5) is 29.4. The lowest BCUT2D eigenvalue weighted by atomic mass is 10.1. The molecule has 0 aliphatic carbocycles. The van der Waals surface area contributed by atoms with Crippen molar-refractivity contribution in [1.82, 2.24) is 10.2 Å². The average molecular weight is 571 g/mol. The van der Waals surface area contributed by atoms with Crippen molar-refractivity contribution in [2.75, 3.05) is 36.4 Å². The van der Waals surface area contributed by atoms with Gasteiger partial charge >= 0.3 is 0 Å². The largest absolute Gasteiger partial charge is 0.457 e. The number of thiocarbonyl (C=S) groups is 1. The predicted molar refractivity (Wildman–Crippen MR) is 164 cm³/mol. The van der Waals surface area contributed by atoms with Gasteiger partial charge in [0.05, 0.1) is 11.4 Å². The second-order valence-corrected chi connectivity index (χ2v) is 9.99. The van der Waals surface area contributed by atoms with Gasteiger partial charge in [0.2, 0.25) is 5.91 Å². The summed E-state index contributed by atoms with van der Waals surface area (Å²) in [5.74, 6) is 0.907. The lowest BCUT2D eigenvalue weighted by Gasteiger charge is -2.37. The molecule has 4 aromatic rings. The number of carbonyl (C=O) groups excluding carboxylic acids is 2. The van der Waals surface area contributed by atoms with E-state index >= 15 is 0 Å². The molecule has 1 aromatic heterocycles. The van der Waals surface area contributed by atoms with E-state index in [1.165, 1.54) is 6.08 Å². The number of hydrogen-bond acceptors (Lipinski definition) is 5. The third-order valence-electron chi connectivity index (χ3n) is 6.47. The van der Waals surface area contributed by atoms with E-state index in [9.17, 15) is 9.59 Å². The maximum atomic E-state index is 12.9. The lowest BCUT2D eigenvalue weighted by molar-refractivity contribution is -0.115. The van der Waals surface area contributed by atoms with E-state index in [2.05, 4.69) is 15.5 Å². The summed E-state index contributed by atoms with van der Waals surface area (Å²) in [6, 6.07) is 28.1. The normalized spacial score (nSPS) is 13.3. The van der Waals surface area contributed by atoms with Crippen molar-refractivity contribution in [2.24, 2.45) is 0 Å². The molecule has 5 rings (SSSR count). The molecule has 1 fully saturated rings. The third-order valence-corrected chi connectivity index (χ3v) is 6.93. The Morgan fingerprint density at radius 3 is 2.30 bits per heavy atom. The maximum Gasteiger partial charge on any atom is 0.253 e. The Labute approximate surface area is 243 Å². The summed E-state index contributed by atoms with van der Waals surface area (Å²) >= 11 is 11.4. The van der Waals surface area contributed by atoms with Gasteiger partial charge in [0.1, 0.15) is 11.5 Å². The van der Waals surface area contributed by atoms with Crippen LogP contribution in [0, 0.1) is 0 Å². The Hall–Kier alpha value is -4.40. The molecule has 2 N–H and O–H groups in total. The molecule has 0 saturated carbocycles. The smallest absolute Gasteiger partial charge is 0.253 e. The van der Waals surface area contributed by atoms with Crippen LogP contribution < -0.4 is 15.5 Å². The highest BCUT2D eigenvalue weighted by atomic mass is 35.5. The summed E-state index contributed by atoms with van der Waals surface area (Å²) in [6.45, 7) is 2.49. The number of nitrogens with one attached hydrogen (secondary N) is 2. The van der Waals surface area contributed by atoms with E-state index in [1.807, 2.05) is 71.6 Å². The molecule has 2 amide bonds. The van der Waals surface area contributed by atoms with Crippen molar-refractivity contribution < 1.29 is 14.0 Å². The number of anilines is 2. The lowest BCUT2D eigenvalue weighted by Crippen LogP contribution is -2.49. The Morgan fingerprint density at radius 1 is 0.850 bits per heavy atom. The number of para-hydroxylation sites is 2. The number of carbonyl (C=O) groups is 2. The van der Waals surface area contributed by atoms with E-state index in [4.69, 9.17) is 28.2 Å². The van der Waals surface area contributed by atoms with Crippen LogP contribution in [0.5, 0.6) is 0 Å². The quantitative estimate of drug-likeness (QED) is 0.216. The van der Waals surface area contributed by atoms with Crippen LogP contribution in [-0.2, 0) is 4.79 Å². The minimum absolute atomic E-state index is 0.00879. The van der Waals surface area contributed by atoms with Crippen molar-refractivity contribution in [3.8, 4) is 11.3 Å². The van der Waals surface area contributed by atoms with Crippen LogP contribution in [0.2, 0.25) is 5.02 Å². The SMILES string of the molecule is O=C(/C=C/c1ccc(-c2ccccc2)o1)NC(=S)Nc1ccccc1N1CCN(C(=O)c2ccc(Cl)cc2)CC1. The van der Waals surface area contributed by atoms with Gasteiger partial charge in [0.15, 0.2) is 5.11 Å². The predicted octanol–water partition coefficient (Wildman–Crippen LogP) is 6.09. The zero-order valence-corrected chi connectivity index (χ0v) is 23.1. The fraction of sp³-hybridized carbons (Fsp3) is 0.129. The monoisotopic (exact) mass is 570 g/mol. The minimum atomic E-state index is -0.373. The molecule has 0 radical (unpaired) electrons. The Morgan fingerprint density at radius 2 is 1.55 bits per heavy atom. The Kier molecular flexibility index (Phi) is 8.59. The van der Waals surface area contributed by atoms with Crippen molar-refractivity contribution in [1.29, 1.82) is 0 Å². The first-order valence-corrected chi connectivity index (χ1v) is 13.6. The number of furan rings is 1. The van der Waals surface area contributed by atoms with E-state index in [0.717, 1.165) is 22.7 Å². The molecule has 1 saturated heterocycles. The van der Waals surface area contributed by atoms with Crippen LogP contribution >= 0.6 is 23.8 Å². The van der Waals surface area contributed by atoms with Crippen molar-refractivity contribution in [2.45, 2.75) is 0 Å². The van der Waals surface area contributed by atoms with E-state index < -0.39 is 0 Å². The molecule has 3 aromatic carbocycles. The van der Waals surface area contributed by atoms with Crippen LogP contribution in [0.15, 0.2) is 101 Å².